The third kappa shape index (κ3) is 1.99. The van der Waals surface area contributed by atoms with Gasteiger partial charge in [0.15, 0.2) is 0 Å². The molecular formula is C9H11PS2. The predicted octanol–water partition coefficient (Wildman–Crippen LogP) is 3.49. The van der Waals surface area contributed by atoms with Crippen LogP contribution < -0.4 is 5.30 Å². The zero-order chi connectivity index (χ0) is 8.39. The van der Waals surface area contributed by atoms with Gasteiger partial charge in [0.25, 0.3) is 0 Å². The lowest BCUT2D eigenvalue weighted by atomic mass is 10.4. The lowest BCUT2D eigenvalue weighted by Crippen LogP contribution is -1.92. The fraction of sp³-hybridized carbons (Fsp3) is 0.333. The second-order valence-corrected chi connectivity index (χ2v) is 9.73. The summed E-state index contributed by atoms with van der Waals surface area (Å²) in [5.74, 6) is 1.32. The lowest BCUT2D eigenvalue weighted by molar-refractivity contribution is 1.15. The molecule has 2 atom stereocenters. The van der Waals surface area contributed by atoms with Gasteiger partial charge in [-0.3, -0.25) is 0 Å². The van der Waals surface area contributed by atoms with Gasteiger partial charge in [-0.25, -0.2) is 0 Å². The highest BCUT2D eigenvalue weighted by molar-refractivity contribution is 8.91. The molecule has 12 heavy (non-hydrogen) atoms. The van der Waals surface area contributed by atoms with Crippen LogP contribution in [0.3, 0.4) is 0 Å². The summed E-state index contributed by atoms with van der Waals surface area (Å²) in [7, 11) is 0. The smallest absolute Gasteiger partial charge is 0.0441 e. The molecule has 0 amide bonds. The van der Waals surface area contributed by atoms with Gasteiger partial charge in [0.1, 0.15) is 0 Å². The topological polar surface area (TPSA) is 0 Å². The van der Waals surface area contributed by atoms with E-state index in [9.17, 15) is 0 Å². The molecule has 0 nitrogen and oxygen atoms in total. The van der Waals surface area contributed by atoms with Crippen LogP contribution in [0.5, 0.6) is 0 Å². The van der Waals surface area contributed by atoms with Gasteiger partial charge in [0, 0.05) is 17.3 Å². The molecule has 3 heteroatoms. The standard InChI is InChI=1S/C9H11PS2/c1-8-7-11-10(12-8)9-5-3-2-4-6-9/h2-6,8H,7H2,1H3/t8-,10+/m1/s1. The summed E-state index contributed by atoms with van der Waals surface area (Å²) in [4.78, 5) is 0. The molecule has 0 aromatic heterocycles. The Morgan fingerprint density at radius 1 is 1.33 bits per heavy atom. The van der Waals surface area contributed by atoms with Crippen LogP contribution in [0.2, 0.25) is 0 Å². The van der Waals surface area contributed by atoms with E-state index < -0.39 is 0 Å². The van der Waals surface area contributed by atoms with Crippen molar-refractivity contribution >= 4 is 34.4 Å². The molecule has 0 saturated carbocycles. The van der Waals surface area contributed by atoms with Gasteiger partial charge in [0.2, 0.25) is 0 Å². The van der Waals surface area contributed by atoms with Crippen LogP contribution in [-0.4, -0.2) is 11.0 Å². The molecule has 1 fully saturated rings. The minimum Gasteiger partial charge on any atom is -0.117 e. The first-order valence-corrected chi connectivity index (χ1v) is 8.43. The van der Waals surface area contributed by atoms with E-state index in [0.717, 1.165) is 5.25 Å². The highest BCUT2D eigenvalue weighted by atomic mass is 33.1. The van der Waals surface area contributed by atoms with Gasteiger partial charge in [-0.2, -0.15) is 0 Å². The van der Waals surface area contributed by atoms with Crippen LogP contribution >= 0.6 is 29.1 Å². The van der Waals surface area contributed by atoms with Gasteiger partial charge in [-0.15, -0.1) is 22.8 Å². The van der Waals surface area contributed by atoms with E-state index in [1.54, 1.807) is 0 Å². The largest absolute Gasteiger partial charge is 0.117 e. The molecule has 0 radical (unpaired) electrons. The number of hydrogen-bond acceptors (Lipinski definition) is 2. The minimum absolute atomic E-state index is 0.0538. The van der Waals surface area contributed by atoms with Crippen LogP contribution in [0.4, 0.5) is 0 Å². The Bertz CT molecular complexity index is 250. The Hall–Kier alpha value is 0.350. The highest BCUT2D eigenvalue weighted by Gasteiger charge is 2.23. The molecule has 1 aromatic rings. The first-order valence-electron chi connectivity index (χ1n) is 4.01. The molecule has 1 saturated heterocycles. The van der Waals surface area contributed by atoms with E-state index in [2.05, 4.69) is 60.0 Å². The van der Waals surface area contributed by atoms with E-state index in [1.807, 2.05) is 0 Å². The maximum atomic E-state index is 2.32. The number of hydrogen-bond donors (Lipinski definition) is 0. The van der Waals surface area contributed by atoms with Crippen molar-refractivity contribution in [1.29, 1.82) is 0 Å². The molecule has 0 bridgehead atoms. The molecular weight excluding hydrogens is 203 g/mol. The van der Waals surface area contributed by atoms with E-state index >= 15 is 0 Å². The van der Waals surface area contributed by atoms with Gasteiger partial charge >= 0.3 is 0 Å². The Balaban J connectivity index is 2.11. The summed E-state index contributed by atoms with van der Waals surface area (Å²) in [6.45, 7) is 2.32. The van der Waals surface area contributed by atoms with Crippen molar-refractivity contribution in [2.45, 2.75) is 12.2 Å². The average Bonchev–Trinajstić information content (AvgIpc) is 2.54. The van der Waals surface area contributed by atoms with Crippen LogP contribution in [0.1, 0.15) is 6.92 Å². The fourth-order valence-electron chi connectivity index (χ4n) is 1.08. The Morgan fingerprint density at radius 2 is 2.08 bits per heavy atom. The normalized spacial score (nSPS) is 29.1. The van der Waals surface area contributed by atoms with Crippen molar-refractivity contribution < 1.29 is 0 Å². The molecule has 1 aliphatic rings. The van der Waals surface area contributed by atoms with Crippen molar-refractivity contribution in [3.8, 4) is 0 Å². The molecule has 0 spiro atoms. The van der Waals surface area contributed by atoms with Crippen LogP contribution in [0, 0.1) is 0 Å². The second-order valence-electron chi connectivity index (χ2n) is 2.80. The molecule has 0 aliphatic carbocycles. The maximum absolute atomic E-state index is 2.32. The summed E-state index contributed by atoms with van der Waals surface area (Å²) in [6.07, 6.45) is 0.0538. The van der Waals surface area contributed by atoms with E-state index in [1.165, 1.54) is 11.1 Å². The summed E-state index contributed by atoms with van der Waals surface area (Å²) >= 11 is 4.28. The van der Waals surface area contributed by atoms with Gasteiger partial charge < -0.3 is 0 Å². The zero-order valence-electron chi connectivity index (χ0n) is 6.93. The summed E-state index contributed by atoms with van der Waals surface area (Å²) < 4.78 is 0. The monoisotopic (exact) mass is 214 g/mol. The van der Waals surface area contributed by atoms with Gasteiger partial charge in [-0.1, -0.05) is 37.3 Å². The van der Waals surface area contributed by atoms with Crippen molar-refractivity contribution in [1.82, 2.24) is 0 Å². The second kappa shape index (κ2) is 4.04. The minimum atomic E-state index is 0.0538. The van der Waals surface area contributed by atoms with Crippen molar-refractivity contribution in [2.24, 2.45) is 0 Å². The van der Waals surface area contributed by atoms with E-state index in [4.69, 9.17) is 0 Å². The van der Waals surface area contributed by atoms with Crippen molar-refractivity contribution in [3.63, 3.8) is 0 Å². The van der Waals surface area contributed by atoms with Crippen LogP contribution in [0.25, 0.3) is 0 Å². The van der Waals surface area contributed by atoms with Gasteiger partial charge in [0.05, 0.1) is 0 Å². The molecule has 1 aliphatic heterocycles. The maximum Gasteiger partial charge on any atom is 0.0441 e. The van der Waals surface area contributed by atoms with E-state index in [-0.39, 0.29) is 6.33 Å². The predicted molar refractivity (Wildman–Crippen MR) is 62.5 cm³/mol. The van der Waals surface area contributed by atoms with Crippen molar-refractivity contribution in [2.75, 3.05) is 5.75 Å². The Morgan fingerprint density at radius 3 is 2.67 bits per heavy atom. The highest BCUT2D eigenvalue weighted by Crippen LogP contribution is 2.67. The first-order chi connectivity index (χ1) is 5.86. The fourth-order valence-corrected chi connectivity index (χ4v) is 10.00. The van der Waals surface area contributed by atoms with Crippen molar-refractivity contribution in [3.05, 3.63) is 30.3 Å². The third-order valence-electron chi connectivity index (χ3n) is 1.67. The molecule has 2 rings (SSSR count). The summed E-state index contributed by atoms with van der Waals surface area (Å²) in [5, 5.41) is 2.38. The third-order valence-corrected chi connectivity index (χ3v) is 9.99. The van der Waals surface area contributed by atoms with E-state index in [0.29, 0.717) is 0 Å². The number of benzene rings is 1. The average molecular weight is 214 g/mol. The molecule has 0 unspecified atom stereocenters. The quantitative estimate of drug-likeness (QED) is 0.656. The molecule has 1 aromatic carbocycles. The Kier molecular flexibility index (Phi) is 3.00. The Labute approximate surface area is 82.8 Å². The summed E-state index contributed by atoms with van der Waals surface area (Å²) in [5.41, 5.74) is 0. The molecule has 1 heterocycles. The van der Waals surface area contributed by atoms with Crippen LogP contribution in [0.15, 0.2) is 30.3 Å². The van der Waals surface area contributed by atoms with Gasteiger partial charge in [-0.05, 0) is 5.30 Å². The zero-order valence-corrected chi connectivity index (χ0v) is 9.46. The van der Waals surface area contributed by atoms with Crippen LogP contribution in [-0.2, 0) is 0 Å². The SMILES string of the molecule is C[C@@H]1CS[P@](c2ccccc2)S1. The first kappa shape index (κ1) is 8.93. The molecule has 64 valence electrons. The molecule has 0 N–H and O–H groups in total. The lowest BCUT2D eigenvalue weighted by Gasteiger charge is -2.07. The summed E-state index contributed by atoms with van der Waals surface area (Å²) in [6, 6.07) is 10.9. The number of rotatable bonds is 1.